The molecule has 0 N–H and O–H groups in total. The number of benzene rings is 2. The second kappa shape index (κ2) is 9.38. The fourth-order valence-corrected chi connectivity index (χ4v) is 3.80. The van der Waals surface area contributed by atoms with Gasteiger partial charge in [-0.25, -0.2) is 4.98 Å². The summed E-state index contributed by atoms with van der Waals surface area (Å²) in [6, 6.07) is 11.4. The molecule has 0 aliphatic carbocycles. The van der Waals surface area contributed by atoms with E-state index in [9.17, 15) is 4.79 Å². The van der Waals surface area contributed by atoms with Gasteiger partial charge in [0, 0.05) is 10.4 Å². The molecule has 0 saturated carbocycles. The largest absolute Gasteiger partial charge is 0.490 e. The first-order valence-electron chi connectivity index (χ1n) is 9.53. The third kappa shape index (κ3) is 5.06. The van der Waals surface area contributed by atoms with Crippen molar-refractivity contribution in [2.24, 2.45) is 5.10 Å². The lowest BCUT2D eigenvalue weighted by atomic mass is 10.2. The molecule has 1 aromatic heterocycles. The Hall–Kier alpha value is -1.74. The normalized spacial score (nSPS) is 12.8. The molecule has 0 spiro atoms. The average Bonchev–Trinajstić information content (AvgIpc) is 2.69. The molecule has 0 unspecified atom stereocenters. The molecule has 3 rings (SSSR count). The summed E-state index contributed by atoms with van der Waals surface area (Å²) in [5.74, 6) is 1.54. The molecule has 2 aromatic carbocycles. The molecule has 7 heteroatoms. The Morgan fingerprint density at radius 1 is 1.24 bits per heavy atom. The van der Waals surface area contributed by atoms with Crippen LogP contribution in [-0.2, 0) is 0 Å². The van der Waals surface area contributed by atoms with Gasteiger partial charge in [-0.2, -0.15) is 9.78 Å². The maximum atomic E-state index is 13.1. The van der Waals surface area contributed by atoms with Crippen molar-refractivity contribution in [3.05, 3.63) is 66.2 Å². The fraction of sp³-hybridized carbons (Fsp3) is 0.318. The Morgan fingerprint density at radius 3 is 2.66 bits per heavy atom. The zero-order valence-corrected chi connectivity index (χ0v) is 20.6. The number of hydrogen-bond acceptors (Lipinski definition) is 4. The summed E-state index contributed by atoms with van der Waals surface area (Å²) in [4.78, 5) is 17.7. The number of fused-ring (bicyclic) bond motifs is 1. The summed E-state index contributed by atoms with van der Waals surface area (Å²) in [7, 11) is 0. The standard InChI is InChI=1S/C22H23BrIN3O2/c1-5-14(4)29-20-9-6-15(10-18(20)24)12-25-27-21(13(2)3)26-19-8-7-16(23)11-17(19)22(27)28/h6-14H,5H2,1-4H3/t14-/m1/s1. The third-order valence-corrected chi connectivity index (χ3v) is 5.87. The highest BCUT2D eigenvalue weighted by Crippen LogP contribution is 2.23. The zero-order valence-electron chi connectivity index (χ0n) is 16.8. The van der Waals surface area contributed by atoms with Gasteiger partial charge in [-0.15, -0.1) is 0 Å². The van der Waals surface area contributed by atoms with Crippen LogP contribution >= 0.6 is 38.5 Å². The second-order valence-electron chi connectivity index (χ2n) is 7.17. The van der Waals surface area contributed by atoms with Gasteiger partial charge in [-0.1, -0.05) is 36.7 Å². The molecule has 29 heavy (non-hydrogen) atoms. The van der Waals surface area contributed by atoms with Gasteiger partial charge in [0.2, 0.25) is 0 Å². The van der Waals surface area contributed by atoms with Crippen molar-refractivity contribution in [2.75, 3.05) is 0 Å². The monoisotopic (exact) mass is 567 g/mol. The highest BCUT2D eigenvalue weighted by atomic mass is 127. The van der Waals surface area contributed by atoms with Crippen LogP contribution in [0.2, 0.25) is 0 Å². The smallest absolute Gasteiger partial charge is 0.282 e. The van der Waals surface area contributed by atoms with Gasteiger partial charge in [-0.05, 0) is 77.9 Å². The van der Waals surface area contributed by atoms with Crippen molar-refractivity contribution < 1.29 is 4.74 Å². The van der Waals surface area contributed by atoms with Crippen LogP contribution in [0, 0.1) is 3.57 Å². The van der Waals surface area contributed by atoms with E-state index < -0.39 is 0 Å². The lowest BCUT2D eigenvalue weighted by molar-refractivity contribution is 0.216. The molecule has 0 radical (unpaired) electrons. The molecular formula is C22H23BrIN3O2. The second-order valence-corrected chi connectivity index (χ2v) is 9.25. The SMILES string of the molecule is CC[C@@H](C)Oc1ccc(C=Nn2c(C(C)C)nc3ccc(Br)cc3c2=O)cc1I. The van der Waals surface area contributed by atoms with Crippen molar-refractivity contribution in [2.45, 2.75) is 46.1 Å². The van der Waals surface area contributed by atoms with Crippen LogP contribution in [0.3, 0.4) is 0 Å². The van der Waals surface area contributed by atoms with Crippen LogP contribution in [-0.4, -0.2) is 22.0 Å². The first-order chi connectivity index (χ1) is 13.8. The van der Waals surface area contributed by atoms with Crippen molar-refractivity contribution in [3.8, 4) is 5.75 Å². The Morgan fingerprint density at radius 2 is 2.00 bits per heavy atom. The summed E-state index contributed by atoms with van der Waals surface area (Å²) < 4.78 is 9.16. The van der Waals surface area contributed by atoms with Gasteiger partial charge in [0.15, 0.2) is 0 Å². The maximum Gasteiger partial charge on any atom is 0.282 e. The van der Waals surface area contributed by atoms with Gasteiger partial charge in [-0.3, -0.25) is 4.79 Å². The number of rotatable bonds is 6. The maximum absolute atomic E-state index is 13.1. The summed E-state index contributed by atoms with van der Waals surface area (Å²) in [6.07, 6.45) is 2.80. The van der Waals surface area contributed by atoms with Crippen LogP contribution in [0.15, 0.2) is 50.8 Å². The van der Waals surface area contributed by atoms with Gasteiger partial charge in [0.25, 0.3) is 5.56 Å². The minimum Gasteiger partial charge on any atom is -0.490 e. The van der Waals surface area contributed by atoms with Crippen LogP contribution in [0.25, 0.3) is 10.9 Å². The molecule has 1 atom stereocenters. The Kier molecular flexibility index (Phi) is 7.10. The van der Waals surface area contributed by atoms with Gasteiger partial charge in [0.1, 0.15) is 11.6 Å². The molecule has 3 aromatic rings. The molecule has 0 fully saturated rings. The van der Waals surface area contributed by atoms with Crippen molar-refractivity contribution in [3.63, 3.8) is 0 Å². The van der Waals surface area contributed by atoms with Crippen molar-refractivity contribution >= 4 is 55.6 Å². The minimum absolute atomic E-state index is 0.0549. The first kappa shape index (κ1) is 22.0. The van der Waals surface area contributed by atoms with E-state index in [-0.39, 0.29) is 17.6 Å². The average molecular weight is 568 g/mol. The van der Waals surface area contributed by atoms with E-state index in [1.165, 1.54) is 4.68 Å². The summed E-state index contributed by atoms with van der Waals surface area (Å²) in [5.41, 5.74) is 1.39. The Balaban J connectivity index is 2.02. The van der Waals surface area contributed by atoms with E-state index in [4.69, 9.17) is 4.74 Å². The van der Waals surface area contributed by atoms with Gasteiger partial charge < -0.3 is 4.74 Å². The molecule has 0 bridgehead atoms. The predicted octanol–water partition coefficient (Wildman–Crippen LogP) is 5.95. The van der Waals surface area contributed by atoms with Gasteiger partial charge >= 0.3 is 0 Å². The van der Waals surface area contributed by atoms with Crippen LogP contribution in [0.4, 0.5) is 0 Å². The fourth-order valence-electron chi connectivity index (χ4n) is 2.77. The molecule has 0 aliphatic rings. The molecule has 0 amide bonds. The summed E-state index contributed by atoms with van der Waals surface area (Å²) in [5, 5.41) is 5.02. The summed E-state index contributed by atoms with van der Waals surface area (Å²) in [6.45, 7) is 8.15. The third-order valence-electron chi connectivity index (χ3n) is 4.53. The number of halogens is 2. The lowest BCUT2D eigenvalue weighted by Gasteiger charge is -2.14. The van der Waals surface area contributed by atoms with Crippen molar-refractivity contribution in [1.29, 1.82) is 0 Å². The van der Waals surface area contributed by atoms with E-state index in [1.54, 1.807) is 12.3 Å². The van der Waals surface area contributed by atoms with E-state index in [0.29, 0.717) is 16.7 Å². The van der Waals surface area contributed by atoms with Gasteiger partial charge in [0.05, 0.1) is 26.8 Å². The molecular weight excluding hydrogens is 545 g/mol. The highest BCUT2D eigenvalue weighted by molar-refractivity contribution is 14.1. The topological polar surface area (TPSA) is 56.5 Å². The molecule has 1 heterocycles. The number of ether oxygens (including phenoxy) is 1. The number of nitrogens with zero attached hydrogens (tertiary/aromatic N) is 3. The lowest BCUT2D eigenvalue weighted by Crippen LogP contribution is -2.23. The Labute approximate surface area is 192 Å². The first-order valence-corrected chi connectivity index (χ1v) is 11.4. The van der Waals surface area contributed by atoms with Crippen molar-refractivity contribution in [1.82, 2.24) is 9.66 Å². The number of aromatic nitrogens is 2. The highest BCUT2D eigenvalue weighted by Gasteiger charge is 2.14. The Bertz CT molecular complexity index is 1120. The van der Waals surface area contributed by atoms with E-state index >= 15 is 0 Å². The molecule has 0 saturated heterocycles. The van der Waals surface area contributed by atoms with Crippen LogP contribution in [0.1, 0.15) is 51.4 Å². The zero-order chi connectivity index (χ0) is 21.1. The van der Waals surface area contributed by atoms with E-state index in [0.717, 1.165) is 25.8 Å². The summed E-state index contributed by atoms with van der Waals surface area (Å²) >= 11 is 5.68. The minimum atomic E-state index is -0.178. The van der Waals surface area contributed by atoms with E-state index in [1.807, 2.05) is 44.2 Å². The quantitative estimate of drug-likeness (QED) is 0.273. The molecule has 0 aliphatic heterocycles. The molecule has 152 valence electrons. The predicted molar refractivity (Wildman–Crippen MR) is 130 cm³/mol. The van der Waals surface area contributed by atoms with E-state index in [2.05, 4.69) is 62.5 Å². The van der Waals surface area contributed by atoms with Crippen LogP contribution < -0.4 is 10.3 Å². The number of hydrogen-bond donors (Lipinski definition) is 0. The molecule has 5 nitrogen and oxygen atoms in total. The van der Waals surface area contributed by atoms with Crippen LogP contribution in [0.5, 0.6) is 5.75 Å².